The minimum absolute atomic E-state index is 0.0360. The first-order valence-corrected chi connectivity index (χ1v) is 9.79. The van der Waals surface area contributed by atoms with Crippen LogP contribution in [0.2, 0.25) is 0 Å². The second-order valence-corrected chi connectivity index (χ2v) is 8.02. The lowest BCUT2D eigenvalue weighted by atomic mass is 10.2. The predicted molar refractivity (Wildman–Crippen MR) is 108 cm³/mol. The molecule has 2 aromatic carbocycles. The first-order valence-electron chi connectivity index (χ1n) is 8.97. The zero-order valence-corrected chi connectivity index (χ0v) is 16.3. The molecular weight excluding hydrogens is 397 g/mol. The van der Waals surface area contributed by atoms with E-state index in [1.54, 1.807) is 28.8 Å². The highest BCUT2D eigenvalue weighted by atomic mass is 32.1. The van der Waals surface area contributed by atoms with Gasteiger partial charge in [0, 0.05) is 28.6 Å². The molecule has 0 bridgehead atoms. The molecule has 2 heterocycles. The Labute approximate surface area is 169 Å². The third-order valence-electron chi connectivity index (χ3n) is 4.69. The normalized spacial score (nSPS) is 11.2. The van der Waals surface area contributed by atoms with E-state index in [9.17, 15) is 18.0 Å². The fourth-order valence-electron chi connectivity index (χ4n) is 3.25. The smallest absolute Gasteiger partial charge is 0.268 e. The van der Waals surface area contributed by atoms with Gasteiger partial charge in [0.1, 0.15) is 23.1 Å². The summed E-state index contributed by atoms with van der Waals surface area (Å²) in [7, 11) is 0. The maximum atomic E-state index is 14.2. The second kappa shape index (κ2) is 7.75. The number of halogens is 3. The summed E-state index contributed by atoms with van der Waals surface area (Å²) in [6, 6.07) is 13.3. The molecule has 1 amide bonds. The molecule has 0 aliphatic heterocycles. The summed E-state index contributed by atoms with van der Waals surface area (Å²) in [4.78, 5) is 13.9. The van der Waals surface area contributed by atoms with Crippen LogP contribution in [0.25, 0.3) is 10.2 Å². The van der Waals surface area contributed by atoms with E-state index in [4.69, 9.17) is 0 Å². The largest absolute Gasteiger partial charge is 0.347 e. The molecule has 0 aliphatic rings. The fourth-order valence-corrected chi connectivity index (χ4v) is 4.21. The van der Waals surface area contributed by atoms with Gasteiger partial charge < -0.3 is 9.88 Å². The van der Waals surface area contributed by atoms with Gasteiger partial charge in [0.15, 0.2) is 0 Å². The second-order valence-electron chi connectivity index (χ2n) is 6.73. The number of nitrogens with one attached hydrogen (secondary N) is 1. The topological polar surface area (TPSA) is 34.0 Å². The standard InChI is InChI=1S/C22H17F3N2OS/c1-13-8-19-21(29-13)10-20(22(28)26-11-14-4-2-3-5-17(14)24)27(19)12-15-6-7-16(23)9-18(15)25/h2-10H,11-12H2,1H3,(H,26,28). The molecule has 0 radical (unpaired) electrons. The number of carbonyl (C=O) groups is 1. The number of fused-ring (bicyclic) bond motifs is 1. The number of amides is 1. The Kier molecular flexibility index (Phi) is 5.15. The van der Waals surface area contributed by atoms with Gasteiger partial charge in [-0.3, -0.25) is 4.79 Å². The van der Waals surface area contributed by atoms with Crippen molar-refractivity contribution in [1.29, 1.82) is 0 Å². The van der Waals surface area contributed by atoms with E-state index in [2.05, 4.69) is 5.32 Å². The molecule has 0 saturated carbocycles. The van der Waals surface area contributed by atoms with Crippen molar-refractivity contribution in [1.82, 2.24) is 9.88 Å². The van der Waals surface area contributed by atoms with Crippen molar-refractivity contribution in [3.63, 3.8) is 0 Å². The van der Waals surface area contributed by atoms with Crippen LogP contribution in [-0.2, 0) is 13.1 Å². The lowest BCUT2D eigenvalue weighted by Crippen LogP contribution is -2.26. The van der Waals surface area contributed by atoms with Crippen LogP contribution in [0.1, 0.15) is 26.5 Å². The molecular formula is C22H17F3N2OS. The lowest BCUT2D eigenvalue weighted by Gasteiger charge is -2.12. The van der Waals surface area contributed by atoms with E-state index >= 15 is 0 Å². The van der Waals surface area contributed by atoms with Crippen molar-refractivity contribution in [2.24, 2.45) is 0 Å². The number of carbonyl (C=O) groups excluding carboxylic acids is 1. The van der Waals surface area contributed by atoms with Crippen molar-refractivity contribution < 1.29 is 18.0 Å². The van der Waals surface area contributed by atoms with E-state index in [1.165, 1.54) is 29.5 Å². The Bertz CT molecular complexity index is 1210. The highest BCUT2D eigenvalue weighted by Gasteiger charge is 2.19. The van der Waals surface area contributed by atoms with E-state index < -0.39 is 23.4 Å². The van der Waals surface area contributed by atoms with Gasteiger partial charge in [-0.25, -0.2) is 13.2 Å². The molecule has 0 unspecified atom stereocenters. The molecule has 3 nitrogen and oxygen atoms in total. The van der Waals surface area contributed by atoms with Crippen LogP contribution in [0.5, 0.6) is 0 Å². The van der Waals surface area contributed by atoms with Crippen molar-refractivity contribution in [2.75, 3.05) is 0 Å². The summed E-state index contributed by atoms with van der Waals surface area (Å²) in [6.45, 7) is 2.06. The molecule has 4 rings (SSSR count). The molecule has 0 aliphatic carbocycles. The third-order valence-corrected chi connectivity index (χ3v) is 5.67. The molecule has 2 aromatic heterocycles. The van der Waals surface area contributed by atoms with Gasteiger partial charge in [0.25, 0.3) is 5.91 Å². The first kappa shape index (κ1) is 19.3. The summed E-state index contributed by atoms with van der Waals surface area (Å²) in [5.41, 5.74) is 1.79. The molecule has 4 aromatic rings. The van der Waals surface area contributed by atoms with Gasteiger partial charge in [0.2, 0.25) is 0 Å². The highest BCUT2D eigenvalue weighted by molar-refractivity contribution is 7.19. The van der Waals surface area contributed by atoms with E-state index in [0.717, 1.165) is 21.2 Å². The van der Waals surface area contributed by atoms with Gasteiger partial charge in [-0.1, -0.05) is 24.3 Å². The lowest BCUT2D eigenvalue weighted by molar-refractivity contribution is 0.0942. The zero-order valence-electron chi connectivity index (χ0n) is 15.5. The van der Waals surface area contributed by atoms with Gasteiger partial charge >= 0.3 is 0 Å². The average molecular weight is 414 g/mol. The number of thiophene rings is 1. The summed E-state index contributed by atoms with van der Waals surface area (Å²) >= 11 is 1.52. The first-order chi connectivity index (χ1) is 13.9. The highest BCUT2D eigenvalue weighted by Crippen LogP contribution is 2.30. The minimum Gasteiger partial charge on any atom is -0.347 e. The van der Waals surface area contributed by atoms with Crippen LogP contribution in [0.3, 0.4) is 0 Å². The van der Waals surface area contributed by atoms with Gasteiger partial charge in [-0.2, -0.15) is 0 Å². The Morgan fingerprint density at radius 1 is 1.00 bits per heavy atom. The van der Waals surface area contributed by atoms with Gasteiger partial charge in [-0.05, 0) is 31.2 Å². The Balaban J connectivity index is 1.66. The molecule has 1 N–H and O–H groups in total. The number of aromatic nitrogens is 1. The van der Waals surface area contributed by atoms with Crippen LogP contribution in [0.15, 0.2) is 54.6 Å². The van der Waals surface area contributed by atoms with E-state index in [-0.39, 0.29) is 18.7 Å². The Morgan fingerprint density at radius 3 is 2.55 bits per heavy atom. The van der Waals surface area contributed by atoms with Crippen LogP contribution in [-0.4, -0.2) is 10.5 Å². The summed E-state index contributed by atoms with van der Waals surface area (Å²) in [5.74, 6) is -2.11. The van der Waals surface area contributed by atoms with Crippen LogP contribution < -0.4 is 5.32 Å². The van der Waals surface area contributed by atoms with Crippen molar-refractivity contribution >= 4 is 27.5 Å². The summed E-state index contributed by atoms with van der Waals surface area (Å²) < 4.78 is 43.9. The number of hydrogen-bond acceptors (Lipinski definition) is 2. The molecule has 29 heavy (non-hydrogen) atoms. The number of nitrogens with zero attached hydrogens (tertiary/aromatic N) is 1. The Morgan fingerprint density at radius 2 is 1.79 bits per heavy atom. The predicted octanol–water partition coefficient (Wildman–Crippen LogP) is 5.41. The average Bonchev–Trinajstić information content (AvgIpc) is 3.20. The molecule has 0 fully saturated rings. The van der Waals surface area contributed by atoms with Crippen molar-refractivity contribution in [3.05, 3.63) is 93.7 Å². The molecule has 0 saturated heterocycles. The van der Waals surface area contributed by atoms with E-state index in [0.29, 0.717) is 11.3 Å². The number of hydrogen-bond donors (Lipinski definition) is 1. The monoisotopic (exact) mass is 414 g/mol. The van der Waals surface area contributed by atoms with E-state index in [1.807, 2.05) is 13.0 Å². The number of benzene rings is 2. The SMILES string of the molecule is Cc1cc2c(cc(C(=O)NCc3ccccc3F)n2Cc2ccc(F)cc2F)s1. The number of rotatable bonds is 5. The summed E-state index contributed by atoms with van der Waals surface area (Å²) in [6.07, 6.45) is 0. The van der Waals surface area contributed by atoms with Crippen molar-refractivity contribution in [3.8, 4) is 0 Å². The van der Waals surface area contributed by atoms with Gasteiger partial charge in [-0.15, -0.1) is 11.3 Å². The quantitative estimate of drug-likeness (QED) is 0.466. The molecule has 7 heteroatoms. The third kappa shape index (κ3) is 3.91. The maximum Gasteiger partial charge on any atom is 0.268 e. The molecule has 148 valence electrons. The summed E-state index contributed by atoms with van der Waals surface area (Å²) in [5, 5.41) is 2.72. The molecule has 0 atom stereocenters. The van der Waals surface area contributed by atoms with Crippen LogP contribution in [0, 0.1) is 24.4 Å². The molecule has 0 spiro atoms. The zero-order chi connectivity index (χ0) is 20.5. The minimum atomic E-state index is -0.670. The van der Waals surface area contributed by atoms with Crippen molar-refractivity contribution in [2.45, 2.75) is 20.0 Å². The number of aryl methyl sites for hydroxylation is 1. The van der Waals surface area contributed by atoms with Crippen LogP contribution in [0.4, 0.5) is 13.2 Å². The van der Waals surface area contributed by atoms with Crippen LogP contribution >= 0.6 is 11.3 Å². The Hall–Kier alpha value is -3.06. The fraction of sp³-hybridized carbons (Fsp3) is 0.136. The van der Waals surface area contributed by atoms with Gasteiger partial charge in [0.05, 0.1) is 16.8 Å². The maximum absolute atomic E-state index is 14.2.